The topological polar surface area (TPSA) is 297 Å². The number of rotatable bonds is 22. The number of carbonyl (C=O) groups is 6. The summed E-state index contributed by atoms with van der Waals surface area (Å²) in [6.07, 6.45) is 4.88. The van der Waals surface area contributed by atoms with Crippen LogP contribution < -0.4 is 32.3 Å². The number of phenolic OH excluding ortho intramolecular Hbond substituents is 2. The van der Waals surface area contributed by atoms with Gasteiger partial charge in [-0.05, 0) is 76.7 Å². The minimum atomic E-state index is -1.41. The fourth-order valence-electron chi connectivity index (χ4n) is 8.80. The Kier molecular flexibility index (Phi) is 16.1. The van der Waals surface area contributed by atoms with Gasteiger partial charge in [0.15, 0.2) is 0 Å². The summed E-state index contributed by atoms with van der Waals surface area (Å²) in [4.78, 5) is 93.6. The lowest BCUT2D eigenvalue weighted by molar-refractivity contribution is -0.142. The van der Waals surface area contributed by atoms with Crippen LogP contribution in [0.1, 0.15) is 27.8 Å². The number of nitrogens with two attached hydrogens (primary N) is 1. The molecular weight excluding hydrogens is 951 g/mol. The third-order valence-corrected chi connectivity index (χ3v) is 13.1. The first-order chi connectivity index (χ1) is 35.2. The van der Waals surface area contributed by atoms with Crippen molar-refractivity contribution in [2.24, 2.45) is 5.73 Å². The Balaban J connectivity index is 1.03. The van der Waals surface area contributed by atoms with Crippen molar-refractivity contribution in [3.05, 3.63) is 168 Å². The summed E-state index contributed by atoms with van der Waals surface area (Å²) in [5, 5.41) is 46.1. The number of fused-ring (bicyclic) bond motifs is 3. The Hall–Kier alpha value is -8.55. The number of amides is 5. The minimum absolute atomic E-state index is 0.00922. The van der Waals surface area contributed by atoms with Gasteiger partial charge in [0, 0.05) is 82.7 Å². The van der Waals surface area contributed by atoms with E-state index in [0.29, 0.717) is 27.8 Å². The van der Waals surface area contributed by atoms with Gasteiger partial charge >= 0.3 is 5.97 Å². The zero-order valence-corrected chi connectivity index (χ0v) is 40.2. The van der Waals surface area contributed by atoms with Gasteiger partial charge in [-0.25, -0.2) is 4.79 Å². The Labute approximate surface area is 423 Å². The third-order valence-electron chi connectivity index (χ3n) is 12.7. The molecule has 376 valence electrons. The minimum Gasteiger partial charge on any atom is -0.508 e. The summed E-state index contributed by atoms with van der Waals surface area (Å²) in [5.74, 6) is -5.39. The number of phenols is 2. The summed E-state index contributed by atoms with van der Waals surface area (Å²) in [7, 11) is 0. The summed E-state index contributed by atoms with van der Waals surface area (Å²) in [6.45, 7) is 0. The molecule has 6 atom stereocenters. The smallest absolute Gasteiger partial charge is 0.326 e. The number of H-pyrrole nitrogens is 3. The van der Waals surface area contributed by atoms with Crippen LogP contribution in [0.4, 0.5) is 0 Å². The van der Waals surface area contributed by atoms with Gasteiger partial charge in [0.2, 0.25) is 29.5 Å². The molecule has 0 aliphatic rings. The molecule has 0 bridgehead atoms. The highest BCUT2D eigenvalue weighted by Gasteiger charge is 2.34. The van der Waals surface area contributed by atoms with E-state index >= 15 is 0 Å². The van der Waals surface area contributed by atoms with Gasteiger partial charge in [-0.2, -0.15) is 12.6 Å². The number of thiol groups is 1. The number of carbonyl (C=O) groups excluding carboxylic acids is 5. The molecule has 8 rings (SSSR count). The van der Waals surface area contributed by atoms with Crippen LogP contribution in [0.2, 0.25) is 0 Å². The van der Waals surface area contributed by atoms with Gasteiger partial charge in [0.1, 0.15) is 41.7 Å². The second kappa shape index (κ2) is 23.1. The van der Waals surface area contributed by atoms with Crippen LogP contribution in [0.15, 0.2) is 140 Å². The van der Waals surface area contributed by atoms with E-state index in [1.165, 1.54) is 24.3 Å². The maximum Gasteiger partial charge on any atom is 0.326 e. The second-order valence-electron chi connectivity index (χ2n) is 17.9. The highest BCUT2D eigenvalue weighted by atomic mass is 32.1. The molecule has 0 saturated heterocycles. The van der Waals surface area contributed by atoms with Crippen molar-refractivity contribution in [3.63, 3.8) is 0 Å². The molecule has 5 aromatic carbocycles. The Morgan fingerprint density at radius 3 is 1.18 bits per heavy atom. The van der Waals surface area contributed by atoms with Crippen molar-refractivity contribution in [1.29, 1.82) is 0 Å². The van der Waals surface area contributed by atoms with E-state index in [0.717, 1.165) is 32.7 Å². The Bertz CT molecular complexity index is 3260. The van der Waals surface area contributed by atoms with Crippen LogP contribution in [0.25, 0.3) is 32.7 Å². The molecule has 3 heterocycles. The van der Waals surface area contributed by atoms with Crippen molar-refractivity contribution in [3.8, 4) is 11.5 Å². The maximum absolute atomic E-state index is 14.7. The number of hydrogen-bond acceptors (Lipinski definition) is 10. The quantitative estimate of drug-likeness (QED) is 0.0436. The van der Waals surface area contributed by atoms with E-state index < -0.39 is 71.8 Å². The van der Waals surface area contributed by atoms with E-state index in [9.17, 15) is 44.1 Å². The number of carboxylic acids is 1. The summed E-state index contributed by atoms with van der Waals surface area (Å²) < 4.78 is 0. The number of aromatic hydroxyl groups is 2. The molecule has 18 nitrogen and oxygen atoms in total. The molecule has 13 N–H and O–H groups in total. The molecule has 0 aliphatic carbocycles. The molecule has 0 unspecified atom stereocenters. The molecule has 0 radical (unpaired) electrons. The van der Waals surface area contributed by atoms with Gasteiger partial charge in [-0.3, -0.25) is 24.0 Å². The number of aliphatic carboxylic acids is 1. The van der Waals surface area contributed by atoms with Crippen LogP contribution in [0.5, 0.6) is 11.5 Å². The molecular formula is C54H55N9O9S. The van der Waals surface area contributed by atoms with Crippen molar-refractivity contribution in [2.45, 2.75) is 68.4 Å². The molecule has 73 heavy (non-hydrogen) atoms. The molecule has 8 aromatic rings. The zero-order valence-electron chi connectivity index (χ0n) is 39.3. The van der Waals surface area contributed by atoms with Gasteiger partial charge < -0.3 is 62.6 Å². The summed E-state index contributed by atoms with van der Waals surface area (Å²) in [5.41, 5.74) is 11.9. The highest BCUT2D eigenvalue weighted by molar-refractivity contribution is 7.80. The predicted molar refractivity (Wildman–Crippen MR) is 279 cm³/mol. The van der Waals surface area contributed by atoms with Crippen molar-refractivity contribution < 1.29 is 44.1 Å². The first-order valence-electron chi connectivity index (χ1n) is 23.5. The number of nitrogens with one attached hydrogen (secondary N) is 8. The number of hydrogen-bond donors (Lipinski definition) is 13. The second-order valence-corrected chi connectivity index (χ2v) is 18.2. The maximum atomic E-state index is 14.7. The summed E-state index contributed by atoms with van der Waals surface area (Å²) in [6, 6.07) is 26.4. The first kappa shape index (κ1) is 50.8. The molecule has 0 saturated carbocycles. The van der Waals surface area contributed by atoms with Crippen molar-refractivity contribution in [1.82, 2.24) is 41.5 Å². The first-order valence-corrected chi connectivity index (χ1v) is 24.2. The molecule has 0 aliphatic heterocycles. The van der Waals surface area contributed by atoms with Crippen molar-refractivity contribution in [2.75, 3.05) is 5.75 Å². The average Bonchev–Trinajstić information content (AvgIpc) is 4.13. The van der Waals surface area contributed by atoms with Gasteiger partial charge in [-0.15, -0.1) is 0 Å². The van der Waals surface area contributed by atoms with Crippen molar-refractivity contribution >= 4 is 80.8 Å². The standard InChI is InChI=1S/C54H55N9O9S/c55-40(21-30-13-17-35(64)18-14-30)49(66)59-45(23-32-26-56-41-10-4-1-7-37(32)41)52(69)63-48(29-73)53(70)60-44(22-31-15-19-36(65)20-16-31)50(67)61-46(24-33-27-57-42-11-5-2-8-38(33)42)51(68)62-47(54(71)72)25-34-28-58-43-12-6-3-9-39(34)43/h1-20,26-28,40,44-48,56-58,64-65,73H,21-25,29,55H2,(H,59,66)(H,60,70)(H,61,67)(H,62,68)(H,63,69)(H,71,72)/t40-,44-,45-,46-,47-,48-/m0/s1. The van der Waals surface area contributed by atoms with Gasteiger partial charge in [0.05, 0.1) is 6.04 Å². The van der Waals surface area contributed by atoms with Crippen LogP contribution >= 0.6 is 12.6 Å². The normalized spacial score (nSPS) is 13.8. The number of para-hydroxylation sites is 3. The lowest BCUT2D eigenvalue weighted by atomic mass is 10.0. The van der Waals surface area contributed by atoms with Crippen LogP contribution in [-0.2, 0) is 60.9 Å². The van der Waals surface area contributed by atoms with E-state index in [-0.39, 0.29) is 49.4 Å². The fourth-order valence-corrected chi connectivity index (χ4v) is 9.05. The molecule has 3 aromatic heterocycles. The van der Waals surface area contributed by atoms with Gasteiger partial charge in [-0.1, -0.05) is 78.9 Å². The molecule has 19 heteroatoms. The third kappa shape index (κ3) is 12.7. The lowest BCUT2D eigenvalue weighted by Gasteiger charge is -2.27. The van der Waals surface area contributed by atoms with Crippen LogP contribution in [0, 0.1) is 0 Å². The van der Waals surface area contributed by atoms with Crippen LogP contribution in [0.3, 0.4) is 0 Å². The molecule has 5 amide bonds. The van der Waals surface area contributed by atoms with E-state index in [2.05, 4.69) is 54.2 Å². The fraction of sp³-hybridized carbons (Fsp3) is 0.222. The van der Waals surface area contributed by atoms with Crippen LogP contribution in [-0.4, -0.2) is 108 Å². The van der Waals surface area contributed by atoms with Gasteiger partial charge in [0.25, 0.3) is 0 Å². The SMILES string of the molecule is N[C@@H](Cc1ccc(O)cc1)C(=O)N[C@@H](Cc1c[nH]c2ccccc12)C(=O)N[C@@H](CS)C(=O)N[C@@H](Cc1ccc(O)cc1)C(=O)N[C@@H](Cc1c[nH]c2ccccc12)C(=O)N[C@@H](Cc1c[nH]c2ccccc12)C(=O)O. The Morgan fingerprint density at radius 2 is 0.767 bits per heavy atom. The van der Waals surface area contributed by atoms with E-state index in [4.69, 9.17) is 5.73 Å². The molecule has 0 spiro atoms. The predicted octanol–water partition coefficient (Wildman–Crippen LogP) is 3.82. The Morgan fingerprint density at radius 1 is 0.438 bits per heavy atom. The van der Waals surface area contributed by atoms with E-state index in [1.807, 2.05) is 72.8 Å². The largest absolute Gasteiger partial charge is 0.508 e. The lowest BCUT2D eigenvalue weighted by Crippen LogP contribution is -2.60. The average molecular weight is 1010 g/mol. The zero-order chi connectivity index (χ0) is 51.6. The number of carboxylic acid groups (broad SMARTS) is 1. The monoisotopic (exact) mass is 1010 g/mol. The number of benzene rings is 5. The number of aromatic nitrogens is 3. The van der Waals surface area contributed by atoms with E-state index in [1.54, 1.807) is 42.9 Å². The molecule has 0 fully saturated rings. The summed E-state index contributed by atoms with van der Waals surface area (Å²) >= 11 is 4.41. The highest BCUT2D eigenvalue weighted by Crippen LogP contribution is 2.23. The number of aromatic amines is 3.